The standard InChI is InChI=1S/C27H31N5O5S.C2HF3O2/c1-29(24(33)18-30-15-4-5-16-30)19-6-8-20(9-7-19)31-17-14-23-25(27(31)34)32(28-26(23)38(3,35)36)21-10-12-22(37-2)13-11-21;3-2(4,5)1(6)7/h6-13H,4-5,14-18H2,1-3H3;(H,6,7). The second kappa shape index (κ2) is 13.3. The van der Waals surface area contributed by atoms with Crippen molar-refractivity contribution < 1.29 is 45.8 Å². The molecule has 2 aliphatic rings. The Kier molecular flexibility index (Phi) is 9.87. The number of hydrogen-bond acceptors (Lipinski definition) is 8. The number of aliphatic carboxylic acids is 1. The normalized spacial score (nSPS) is 15.2. The number of benzene rings is 2. The van der Waals surface area contributed by atoms with Crippen molar-refractivity contribution in [2.75, 3.05) is 56.4 Å². The van der Waals surface area contributed by atoms with Gasteiger partial charge in [0, 0.05) is 36.8 Å². The molecule has 45 heavy (non-hydrogen) atoms. The molecule has 0 spiro atoms. The summed E-state index contributed by atoms with van der Waals surface area (Å²) in [6.45, 7) is 2.60. The molecule has 2 amide bonds. The summed E-state index contributed by atoms with van der Waals surface area (Å²) in [6.07, 6.45) is -1.39. The van der Waals surface area contributed by atoms with Crippen LogP contribution >= 0.6 is 0 Å². The number of anilines is 2. The molecule has 0 aliphatic carbocycles. The van der Waals surface area contributed by atoms with Crippen molar-refractivity contribution in [3.63, 3.8) is 0 Å². The second-order valence-electron chi connectivity index (χ2n) is 10.5. The van der Waals surface area contributed by atoms with Gasteiger partial charge in [0.1, 0.15) is 11.4 Å². The first-order valence-corrected chi connectivity index (χ1v) is 15.7. The average Bonchev–Trinajstić information content (AvgIpc) is 3.65. The van der Waals surface area contributed by atoms with Crippen molar-refractivity contribution in [3.05, 3.63) is 59.8 Å². The van der Waals surface area contributed by atoms with Gasteiger partial charge in [-0.2, -0.15) is 18.3 Å². The molecule has 1 N–H and O–H groups in total. The summed E-state index contributed by atoms with van der Waals surface area (Å²) in [6, 6.07) is 14.2. The van der Waals surface area contributed by atoms with Crippen LogP contribution in [-0.4, -0.2) is 98.8 Å². The number of likely N-dealkylation sites (tertiary alicyclic amines) is 1. The zero-order valence-corrected chi connectivity index (χ0v) is 25.6. The smallest absolute Gasteiger partial charge is 0.490 e. The number of methoxy groups -OCH3 is 1. The third-order valence-corrected chi connectivity index (χ3v) is 8.40. The molecule has 16 heteroatoms. The highest BCUT2D eigenvalue weighted by atomic mass is 32.2. The molecule has 0 unspecified atom stereocenters. The summed E-state index contributed by atoms with van der Waals surface area (Å²) in [5, 5.41) is 11.4. The van der Waals surface area contributed by atoms with Crippen LogP contribution in [0.25, 0.3) is 5.69 Å². The van der Waals surface area contributed by atoms with Gasteiger partial charge in [-0.05, 0) is 80.9 Å². The molecule has 1 fully saturated rings. The fourth-order valence-corrected chi connectivity index (χ4v) is 5.90. The average molecular weight is 652 g/mol. The number of carbonyl (C=O) groups excluding carboxylic acids is 2. The largest absolute Gasteiger partial charge is 0.497 e. The van der Waals surface area contributed by atoms with Crippen molar-refractivity contribution in [1.29, 1.82) is 0 Å². The zero-order chi connectivity index (χ0) is 33.1. The summed E-state index contributed by atoms with van der Waals surface area (Å²) < 4.78 is 63.4. The molecule has 2 aliphatic heterocycles. The number of alkyl halides is 3. The molecule has 12 nitrogen and oxygen atoms in total. The molecular formula is C29H32F3N5O7S. The topological polar surface area (TPSA) is 142 Å². The van der Waals surface area contributed by atoms with Crippen molar-refractivity contribution in [2.45, 2.75) is 30.5 Å². The van der Waals surface area contributed by atoms with Crippen LogP contribution < -0.4 is 14.5 Å². The molecule has 0 bridgehead atoms. The van der Waals surface area contributed by atoms with E-state index in [4.69, 9.17) is 14.6 Å². The number of sulfone groups is 1. The van der Waals surface area contributed by atoms with Gasteiger partial charge in [-0.1, -0.05) is 0 Å². The number of carbonyl (C=O) groups is 3. The maximum absolute atomic E-state index is 13.8. The Hall–Kier alpha value is -4.44. The first-order valence-electron chi connectivity index (χ1n) is 13.8. The van der Waals surface area contributed by atoms with Gasteiger partial charge >= 0.3 is 12.1 Å². The lowest BCUT2D eigenvalue weighted by molar-refractivity contribution is -0.192. The van der Waals surface area contributed by atoms with Crippen LogP contribution in [0.4, 0.5) is 24.5 Å². The van der Waals surface area contributed by atoms with Crippen LogP contribution in [0.3, 0.4) is 0 Å². The molecule has 1 saturated heterocycles. The molecule has 0 radical (unpaired) electrons. The Balaban J connectivity index is 0.000000591. The quantitative estimate of drug-likeness (QED) is 0.408. The van der Waals surface area contributed by atoms with Crippen LogP contribution in [0.2, 0.25) is 0 Å². The van der Waals surface area contributed by atoms with E-state index in [1.807, 2.05) is 24.3 Å². The van der Waals surface area contributed by atoms with Crippen LogP contribution in [-0.2, 0) is 25.8 Å². The molecular weight excluding hydrogens is 619 g/mol. The van der Waals surface area contributed by atoms with E-state index in [0.717, 1.165) is 37.9 Å². The Labute approximate surface area is 257 Å². The van der Waals surface area contributed by atoms with Gasteiger partial charge in [0.25, 0.3) is 5.91 Å². The lowest BCUT2D eigenvalue weighted by Crippen LogP contribution is -2.39. The Morgan fingerprint density at radius 3 is 2.07 bits per heavy atom. The molecule has 2 aromatic carbocycles. The van der Waals surface area contributed by atoms with E-state index < -0.39 is 22.0 Å². The van der Waals surface area contributed by atoms with Crippen LogP contribution in [0, 0.1) is 0 Å². The Bertz CT molecular complexity index is 1670. The SMILES string of the molecule is COc1ccc(-n2nc(S(C)(=O)=O)c3c2C(=O)N(c2ccc(N(C)C(=O)CN4CCCC4)cc2)CC3)cc1.O=C(O)C(F)(F)F. The first-order chi connectivity index (χ1) is 21.1. The van der Waals surface area contributed by atoms with Crippen molar-refractivity contribution in [1.82, 2.24) is 14.7 Å². The predicted molar refractivity (Wildman–Crippen MR) is 158 cm³/mol. The molecule has 3 heterocycles. The number of rotatable bonds is 7. The van der Waals surface area contributed by atoms with Crippen molar-refractivity contribution >= 4 is 39.0 Å². The lowest BCUT2D eigenvalue weighted by atomic mass is 10.1. The molecule has 0 saturated carbocycles. The first kappa shape index (κ1) is 33.5. The van der Waals surface area contributed by atoms with E-state index in [2.05, 4.69) is 10.00 Å². The van der Waals surface area contributed by atoms with Gasteiger partial charge in [-0.3, -0.25) is 14.5 Å². The van der Waals surface area contributed by atoms with Gasteiger partial charge in [0.05, 0.1) is 19.3 Å². The minimum absolute atomic E-state index is 0.0232. The predicted octanol–water partition coefficient (Wildman–Crippen LogP) is 3.18. The number of fused-ring (bicyclic) bond motifs is 1. The summed E-state index contributed by atoms with van der Waals surface area (Å²) in [5.74, 6) is -2.44. The molecule has 5 rings (SSSR count). The number of halogens is 3. The number of likely N-dealkylation sites (N-methyl/N-ethyl adjacent to an activating group) is 1. The fraction of sp³-hybridized carbons (Fsp3) is 0.379. The Morgan fingerprint density at radius 1 is 1.00 bits per heavy atom. The van der Waals surface area contributed by atoms with Gasteiger partial charge in [0.15, 0.2) is 14.9 Å². The fourth-order valence-electron chi connectivity index (χ4n) is 5.02. The number of ether oxygens (including phenoxy) is 1. The van der Waals surface area contributed by atoms with E-state index >= 15 is 0 Å². The van der Waals surface area contributed by atoms with Gasteiger partial charge < -0.3 is 19.6 Å². The van der Waals surface area contributed by atoms with Crippen molar-refractivity contribution in [2.24, 2.45) is 0 Å². The van der Waals surface area contributed by atoms with Crippen LogP contribution in [0.1, 0.15) is 28.9 Å². The number of aromatic nitrogens is 2. The van der Waals surface area contributed by atoms with E-state index in [1.54, 1.807) is 48.2 Å². The highest BCUT2D eigenvalue weighted by Gasteiger charge is 2.38. The van der Waals surface area contributed by atoms with Gasteiger partial charge in [-0.25, -0.2) is 17.9 Å². The summed E-state index contributed by atoms with van der Waals surface area (Å²) in [7, 11) is -0.338. The minimum Gasteiger partial charge on any atom is -0.497 e. The second-order valence-corrected chi connectivity index (χ2v) is 12.4. The molecule has 242 valence electrons. The Morgan fingerprint density at radius 2 is 1.56 bits per heavy atom. The zero-order valence-electron chi connectivity index (χ0n) is 24.7. The van der Waals surface area contributed by atoms with E-state index in [-0.39, 0.29) is 22.5 Å². The van der Waals surface area contributed by atoms with E-state index in [1.165, 1.54) is 4.68 Å². The number of amides is 2. The van der Waals surface area contributed by atoms with E-state index in [0.29, 0.717) is 42.2 Å². The minimum atomic E-state index is -5.08. The number of nitrogens with zero attached hydrogens (tertiary/aromatic N) is 5. The maximum Gasteiger partial charge on any atom is 0.490 e. The molecule has 0 atom stereocenters. The number of hydrogen-bond donors (Lipinski definition) is 1. The highest BCUT2D eigenvalue weighted by Crippen LogP contribution is 2.32. The lowest BCUT2D eigenvalue weighted by Gasteiger charge is -2.28. The van der Waals surface area contributed by atoms with Crippen LogP contribution in [0.5, 0.6) is 5.75 Å². The third-order valence-electron chi connectivity index (χ3n) is 7.37. The van der Waals surface area contributed by atoms with Crippen molar-refractivity contribution in [3.8, 4) is 11.4 Å². The summed E-state index contributed by atoms with van der Waals surface area (Å²) in [5.41, 5.74) is 2.61. The summed E-state index contributed by atoms with van der Waals surface area (Å²) in [4.78, 5) is 40.8. The highest BCUT2D eigenvalue weighted by molar-refractivity contribution is 7.90. The third kappa shape index (κ3) is 7.62. The maximum atomic E-state index is 13.8. The van der Waals surface area contributed by atoms with E-state index in [9.17, 15) is 31.2 Å². The van der Waals surface area contributed by atoms with Gasteiger partial charge in [-0.15, -0.1) is 0 Å². The number of carboxylic acid groups (broad SMARTS) is 1. The molecule has 1 aromatic heterocycles. The van der Waals surface area contributed by atoms with Gasteiger partial charge in [0.2, 0.25) is 5.91 Å². The van der Waals surface area contributed by atoms with Crippen LogP contribution in [0.15, 0.2) is 53.6 Å². The molecule has 3 aromatic rings. The summed E-state index contributed by atoms with van der Waals surface area (Å²) >= 11 is 0. The monoisotopic (exact) mass is 651 g/mol. The number of carboxylic acids is 1.